The highest BCUT2D eigenvalue weighted by Crippen LogP contribution is 2.22. The topological polar surface area (TPSA) is 89.5 Å². The number of aromatic nitrogens is 2. The van der Waals surface area contributed by atoms with E-state index in [0.29, 0.717) is 32.5 Å². The number of para-hydroxylation sites is 1. The molecule has 1 amide bonds. The number of hydrazone groups is 1. The predicted molar refractivity (Wildman–Crippen MR) is 132 cm³/mol. The van der Waals surface area contributed by atoms with Crippen molar-refractivity contribution in [1.82, 2.24) is 15.0 Å². The summed E-state index contributed by atoms with van der Waals surface area (Å²) in [4.78, 5) is 30.1. The van der Waals surface area contributed by atoms with Gasteiger partial charge in [-0.3, -0.25) is 14.2 Å². The molecule has 0 saturated carbocycles. The Kier molecular flexibility index (Phi) is 7.07. The van der Waals surface area contributed by atoms with Gasteiger partial charge in [-0.1, -0.05) is 35.5 Å². The number of carbonyl (C=O) groups excluding carboxylic acids is 1. The number of allylic oxidation sites excluding steroid dienone is 1. The van der Waals surface area contributed by atoms with E-state index in [4.69, 9.17) is 16.0 Å². The molecular formula is C24H19ClN4O3S. The summed E-state index contributed by atoms with van der Waals surface area (Å²) in [6.45, 7) is 1.84. The average Bonchev–Trinajstić information content (AvgIpc) is 3.31. The van der Waals surface area contributed by atoms with Crippen molar-refractivity contribution in [2.75, 3.05) is 5.75 Å². The fourth-order valence-corrected chi connectivity index (χ4v) is 3.96. The minimum absolute atomic E-state index is 0.0245. The number of fused-ring (bicyclic) bond motifs is 1. The van der Waals surface area contributed by atoms with E-state index in [1.54, 1.807) is 60.9 Å². The normalized spacial score (nSPS) is 11.9. The molecule has 1 N–H and O–H groups in total. The zero-order chi connectivity index (χ0) is 23.2. The second kappa shape index (κ2) is 10.3. The molecule has 2 aromatic heterocycles. The number of rotatable bonds is 7. The standard InChI is InChI=1S/C24H19ClN4O3S/c1-16(13-19-5-4-12-32-19)14-26-28-22(30)15-33-24-27-21-7-3-2-6-20(21)23(31)29(24)18-10-8-17(25)9-11-18/h2-14H,15H2,1H3,(H,28,30). The fraction of sp³-hybridized carbons (Fsp3) is 0.0833. The van der Waals surface area contributed by atoms with E-state index < -0.39 is 0 Å². The van der Waals surface area contributed by atoms with Gasteiger partial charge in [-0.2, -0.15) is 5.10 Å². The smallest absolute Gasteiger partial charge is 0.266 e. The van der Waals surface area contributed by atoms with Gasteiger partial charge in [0.15, 0.2) is 5.16 Å². The van der Waals surface area contributed by atoms with Crippen LogP contribution in [-0.2, 0) is 4.79 Å². The van der Waals surface area contributed by atoms with Gasteiger partial charge < -0.3 is 4.42 Å². The van der Waals surface area contributed by atoms with Gasteiger partial charge in [0.25, 0.3) is 11.5 Å². The minimum Gasteiger partial charge on any atom is -0.465 e. The maximum Gasteiger partial charge on any atom is 0.266 e. The number of thioether (sulfide) groups is 1. The van der Waals surface area contributed by atoms with Gasteiger partial charge >= 0.3 is 0 Å². The first-order valence-electron chi connectivity index (χ1n) is 9.95. The molecule has 0 saturated heterocycles. The summed E-state index contributed by atoms with van der Waals surface area (Å²) in [5.41, 5.74) is 4.25. The van der Waals surface area contributed by atoms with Gasteiger partial charge in [-0.15, -0.1) is 0 Å². The van der Waals surface area contributed by atoms with Crippen molar-refractivity contribution < 1.29 is 9.21 Å². The number of amides is 1. The second-order valence-electron chi connectivity index (χ2n) is 7.01. The lowest BCUT2D eigenvalue weighted by molar-refractivity contribution is -0.118. The van der Waals surface area contributed by atoms with Crippen LogP contribution >= 0.6 is 23.4 Å². The van der Waals surface area contributed by atoms with Crippen molar-refractivity contribution >= 4 is 52.5 Å². The molecular weight excluding hydrogens is 460 g/mol. The van der Waals surface area contributed by atoms with Crippen molar-refractivity contribution in [3.8, 4) is 5.69 Å². The highest BCUT2D eigenvalue weighted by atomic mass is 35.5. The molecule has 4 aromatic rings. The number of furan rings is 1. The van der Waals surface area contributed by atoms with Gasteiger partial charge in [0.05, 0.1) is 34.8 Å². The summed E-state index contributed by atoms with van der Waals surface area (Å²) in [5, 5.41) is 5.42. The van der Waals surface area contributed by atoms with Crippen LogP contribution in [0.15, 0.2) is 92.0 Å². The molecule has 0 radical (unpaired) electrons. The molecule has 0 fully saturated rings. The van der Waals surface area contributed by atoms with Crippen molar-refractivity contribution in [3.05, 3.63) is 93.6 Å². The van der Waals surface area contributed by atoms with Gasteiger partial charge in [-0.05, 0) is 67.1 Å². The molecule has 166 valence electrons. The third-order valence-corrected chi connectivity index (χ3v) is 5.72. The van der Waals surface area contributed by atoms with Crippen LogP contribution in [0.5, 0.6) is 0 Å². The first-order chi connectivity index (χ1) is 16.0. The number of carbonyl (C=O) groups is 1. The van der Waals surface area contributed by atoms with Crippen molar-refractivity contribution in [1.29, 1.82) is 0 Å². The number of nitrogens with one attached hydrogen (secondary N) is 1. The lowest BCUT2D eigenvalue weighted by Crippen LogP contribution is -2.24. The van der Waals surface area contributed by atoms with Crippen LogP contribution in [0.2, 0.25) is 5.02 Å². The summed E-state index contributed by atoms with van der Waals surface area (Å²) in [6, 6.07) is 17.6. The lowest BCUT2D eigenvalue weighted by Gasteiger charge is -2.13. The molecule has 0 aliphatic rings. The molecule has 0 aliphatic carbocycles. The first-order valence-corrected chi connectivity index (χ1v) is 11.3. The van der Waals surface area contributed by atoms with Crippen LogP contribution in [0.4, 0.5) is 0 Å². The Morgan fingerprint density at radius 2 is 1.97 bits per heavy atom. The Bertz CT molecular complexity index is 1390. The molecule has 0 aliphatic heterocycles. The Balaban J connectivity index is 1.52. The maximum absolute atomic E-state index is 13.2. The van der Waals surface area contributed by atoms with Crippen LogP contribution in [0.25, 0.3) is 22.7 Å². The molecule has 33 heavy (non-hydrogen) atoms. The zero-order valence-electron chi connectivity index (χ0n) is 17.6. The predicted octanol–water partition coefficient (Wildman–Crippen LogP) is 4.93. The molecule has 0 bridgehead atoms. The maximum atomic E-state index is 13.2. The van der Waals surface area contributed by atoms with E-state index in [-0.39, 0.29) is 17.2 Å². The third kappa shape index (κ3) is 5.60. The summed E-state index contributed by atoms with van der Waals surface area (Å²) in [7, 11) is 0. The van der Waals surface area contributed by atoms with Crippen molar-refractivity contribution in [2.24, 2.45) is 5.10 Å². The van der Waals surface area contributed by atoms with Gasteiger partial charge in [0.1, 0.15) is 5.76 Å². The van der Waals surface area contributed by atoms with Crippen LogP contribution in [0.1, 0.15) is 12.7 Å². The van der Waals surface area contributed by atoms with Gasteiger partial charge in [-0.25, -0.2) is 10.4 Å². The van der Waals surface area contributed by atoms with Crippen molar-refractivity contribution in [2.45, 2.75) is 12.1 Å². The number of benzene rings is 2. The SMILES string of the molecule is CC(C=NNC(=O)CSc1nc2ccccc2c(=O)n1-c1ccc(Cl)cc1)=Cc1ccco1. The molecule has 4 rings (SSSR count). The minimum atomic E-state index is -0.327. The molecule has 2 aromatic carbocycles. The Morgan fingerprint density at radius 1 is 1.18 bits per heavy atom. The number of hydrogen-bond donors (Lipinski definition) is 1. The Labute approximate surface area is 198 Å². The second-order valence-corrected chi connectivity index (χ2v) is 8.39. The highest BCUT2D eigenvalue weighted by Gasteiger charge is 2.14. The average molecular weight is 479 g/mol. The van der Waals surface area contributed by atoms with E-state index in [0.717, 1.165) is 17.3 Å². The highest BCUT2D eigenvalue weighted by molar-refractivity contribution is 7.99. The van der Waals surface area contributed by atoms with Crippen LogP contribution < -0.4 is 11.0 Å². The fourth-order valence-electron chi connectivity index (χ4n) is 3.03. The van der Waals surface area contributed by atoms with E-state index in [2.05, 4.69) is 15.5 Å². The monoisotopic (exact) mass is 478 g/mol. The van der Waals surface area contributed by atoms with Crippen LogP contribution in [-0.4, -0.2) is 27.4 Å². The third-order valence-electron chi connectivity index (χ3n) is 4.53. The Morgan fingerprint density at radius 3 is 2.73 bits per heavy atom. The Hall–Kier alpha value is -3.62. The summed E-state index contributed by atoms with van der Waals surface area (Å²) < 4.78 is 6.72. The first kappa shape index (κ1) is 22.6. The number of halogens is 1. The molecule has 0 unspecified atom stereocenters. The van der Waals surface area contributed by atoms with E-state index in [1.165, 1.54) is 10.8 Å². The molecule has 0 atom stereocenters. The quantitative estimate of drug-likeness (QED) is 0.176. The van der Waals surface area contributed by atoms with Gasteiger partial charge in [0.2, 0.25) is 0 Å². The van der Waals surface area contributed by atoms with Crippen LogP contribution in [0, 0.1) is 0 Å². The summed E-state index contributed by atoms with van der Waals surface area (Å²) in [6.07, 6.45) is 4.91. The number of hydrogen-bond acceptors (Lipinski definition) is 6. The van der Waals surface area contributed by atoms with Gasteiger partial charge in [0, 0.05) is 5.02 Å². The van der Waals surface area contributed by atoms with E-state index in [1.807, 2.05) is 19.1 Å². The lowest BCUT2D eigenvalue weighted by atomic mass is 10.2. The molecule has 0 spiro atoms. The largest absolute Gasteiger partial charge is 0.465 e. The van der Waals surface area contributed by atoms with Crippen molar-refractivity contribution in [3.63, 3.8) is 0 Å². The molecule has 9 heteroatoms. The number of nitrogens with zero attached hydrogens (tertiary/aromatic N) is 3. The zero-order valence-corrected chi connectivity index (χ0v) is 19.1. The molecule has 7 nitrogen and oxygen atoms in total. The van der Waals surface area contributed by atoms with E-state index in [9.17, 15) is 9.59 Å². The summed E-state index contributed by atoms with van der Waals surface area (Å²) in [5.74, 6) is 0.395. The molecule has 2 heterocycles. The van der Waals surface area contributed by atoms with E-state index >= 15 is 0 Å². The van der Waals surface area contributed by atoms with Crippen LogP contribution in [0.3, 0.4) is 0 Å². The summed E-state index contributed by atoms with van der Waals surface area (Å²) >= 11 is 7.15.